The predicted molar refractivity (Wildman–Crippen MR) is 98.4 cm³/mol. The first-order valence-corrected chi connectivity index (χ1v) is 8.50. The first kappa shape index (κ1) is 17.6. The Hall–Kier alpha value is -2.21. The number of aliphatic hydroxyl groups is 1. The van der Waals surface area contributed by atoms with E-state index in [4.69, 9.17) is 16.3 Å². The molecule has 3 rings (SSSR count). The second kappa shape index (κ2) is 7.78. The Morgan fingerprint density at radius 3 is 2.68 bits per heavy atom. The van der Waals surface area contributed by atoms with Gasteiger partial charge in [-0.2, -0.15) is 0 Å². The maximum Gasteiger partial charge on any atom is 0.279 e. The lowest BCUT2D eigenvalue weighted by atomic mass is 10.0. The molecule has 1 atom stereocenters. The zero-order valence-corrected chi connectivity index (χ0v) is 14.6. The molecule has 1 N–H and O–H groups in total. The summed E-state index contributed by atoms with van der Waals surface area (Å²) in [6, 6.07) is 14.9. The fourth-order valence-electron chi connectivity index (χ4n) is 2.85. The van der Waals surface area contributed by atoms with Gasteiger partial charge in [0.1, 0.15) is 0 Å². The van der Waals surface area contributed by atoms with E-state index in [1.807, 2.05) is 37.3 Å². The van der Waals surface area contributed by atoms with Crippen LogP contribution in [0.25, 0.3) is 0 Å². The third-order valence-corrected chi connectivity index (χ3v) is 4.16. The normalized spacial score (nSPS) is 17.1. The number of fused-ring (bicyclic) bond motifs is 1. The molecule has 1 aliphatic rings. The summed E-state index contributed by atoms with van der Waals surface area (Å²) >= 11 is 6.20. The molecule has 130 valence electrons. The third kappa shape index (κ3) is 3.58. The van der Waals surface area contributed by atoms with Crippen molar-refractivity contribution >= 4 is 28.9 Å². The number of hydrogen-bond acceptors (Lipinski definition) is 4. The van der Waals surface area contributed by atoms with Gasteiger partial charge in [-0.05, 0) is 25.1 Å². The Bertz CT molecular complexity index is 793. The van der Waals surface area contributed by atoms with Crippen molar-refractivity contribution < 1.29 is 14.6 Å². The maximum absolute atomic E-state index is 12.9. The fourth-order valence-corrected chi connectivity index (χ4v) is 3.02. The van der Waals surface area contributed by atoms with E-state index < -0.39 is 6.23 Å². The van der Waals surface area contributed by atoms with E-state index in [-0.39, 0.29) is 19.1 Å². The standard InChI is InChI=1S/C19H19ClN2O3/c1-2-25-18-19(24)22(10-11-23)16-9-8-14(20)12-15(16)17(21-18)13-6-4-3-5-7-13/h3-9,12,18,23H,2,10-11H2,1H3. The Morgan fingerprint density at radius 2 is 2.00 bits per heavy atom. The summed E-state index contributed by atoms with van der Waals surface area (Å²) in [5.74, 6) is -0.301. The number of β-amino-alcohol motifs (C(OH)–C–C–N with tert-alkyl or cyclic N) is 1. The van der Waals surface area contributed by atoms with Crippen molar-refractivity contribution in [3.63, 3.8) is 0 Å². The van der Waals surface area contributed by atoms with E-state index >= 15 is 0 Å². The molecule has 0 spiro atoms. The Balaban J connectivity index is 2.23. The largest absolute Gasteiger partial charge is 0.395 e. The minimum Gasteiger partial charge on any atom is -0.395 e. The van der Waals surface area contributed by atoms with Crippen LogP contribution >= 0.6 is 11.6 Å². The smallest absolute Gasteiger partial charge is 0.279 e. The fraction of sp³-hybridized carbons (Fsp3) is 0.263. The summed E-state index contributed by atoms with van der Waals surface area (Å²) in [4.78, 5) is 19.0. The molecule has 1 amide bonds. The monoisotopic (exact) mass is 358 g/mol. The highest BCUT2D eigenvalue weighted by atomic mass is 35.5. The first-order valence-electron chi connectivity index (χ1n) is 8.12. The van der Waals surface area contributed by atoms with Gasteiger partial charge in [0.2, 0.25) is 6.23 Å². The Morgan fingerprint density at radius 1 is 1.24 bits per heavy atom. The van der Waals surface area contributed by atoms with Crippen LogP contribution in [0.15, 0.2) is 53.5 Å². The minimum absolute atomic E-state index is 0.159. The van der Waals surface area contributed by atoms with Crippen molar-refractivity contribution in [1.82, 2.24) is 0 Å². The minimum atomic E-state index is -0.960. The summed E-state index contributed by atoms with van der Waals surface area (Å²) in [5.41, 5.74) is 2.91. The second-order valence-electron chi connectivity index (χ2n) is 5.53. The number of halogens is 1. The molecule has 2 aromatic rings. The molecule has 0 radical (unpaired) electrons. The van der Waals surface area contributed by atoms with Crippen LogP contribution in [0.3, 0.4) is 0 Å². The van der Waals surface area contributed by atoms with Crippen molar-refractivity contribution in [2.45, 2.75) is 13.2 Å². The van der Waals surface area contributed by atoms with Crippen molar-refractivity contribution in [2.75, 3.05) is 24.7 Å². The average Bonchev–Trinajstić information content (AvgIpc) is 2.73. The quantitative estimate of drug-likeness (QED) is 0.894. The van der Waals surface area contributed by atoms with Gasteiger partial charge in [-0.3, -0.25) is 4.79 Å². The van der Waals surface area contributed by atoms with Gasteiger partial charge in [0.25, 0.3) is 5.91 Å². The van der Waals surface area contributed by atoms with Crippen molar-refractivity contribution in [1.29, 1.82) is 0 Å². The molecule has 0 bridgehead atoms. The molecule has 2 aromatic carbocycles. The van der Waals surface area contributed by atoms with Crippen molar-refractivity contribution in [3.8, 4) is 0 Å². The van der Waals surface area contributed by atoms with Gasteiger partial charge in [0, 0.05) is 29.3 Å². The topological polar surface area (TPSA) is 62.1 Å². The zero-order chi connectivity index (χ0) is 17.8. The summed E-state index contributed by atoms with van der Waals surface area (Å²) in [7, 11) is 0. The van der Waals surface area contributed by atoms with Gasteiger partial charge in [0.15, 0.2) is 0 Å². The highest BCUT2D eigenvalue weighted by Gasteiger charge is 2.32. The average molecular weight is 359 g/mol. The molecule has 0 fully saturated rings. The van der Waals surface area contributed by atoms with Crippen LogP contribution < -0.4 is 4.90 Å². The van der Waals surface area contributed by atoms with E-state index in [1.165, 1.54) is 4.90 Å². The number of amides is 1. The van der Waals surface area contributed by atoms with E-state index in [0.29, 0.717) is 23.0 Å². The van der Waals surface area contributed by atoms with Crippen molar-refractivity contribution in [3.05, 3.63) is 64.7 Å². The van der Waals surface area contributed by atoms with Crippen LogP contribution in [0.4, 0.5) is 5.69 Å². The highest BCUT2D eigenvalue weighted by Crippen LogP contribution is 2.31. The van der Waals surface area contributed by atoms with E-state index in [0.717, 1.165) is 11.1 Å². The number of hydrogen-bond donors (Lipinski definition) is 1. The van der Waals surface area contributed by atoms with Gasteiger partial charge in [-0.1, -0.05) is 41.9 Å². The van der Waals surface area contributed by atoms with Crippen LogP contribution in [0, 0.1) is 0 Å². The van der Waals surface area contributed by atoms with E-state index in [2.05, 4.69) is 4.99 Å². The molecule has 0 aliphatic carbocycles. The molecule has 0 saturated carbocycles. The molecule has 25 heavy (non-hydrogen) atoms. The molecular weight excluding hydrogens is 340 g/mol. The Labute approximate surface area is 151 Å². The Kier molecular flexibility index (Phi) is 5.48. The lowest BCUT2D eigenvalue weighted by Crippen LogP contribution is -2.40. The molecular formula is C19H19ClN2O3. The molecule has 1 heterocycles. The number of aliphatic hydroxyl groups excluding tert-OH is 1. The number of anilines is 1. The summed E-state index contributed by atoms with van der Waals surface area (Å²) in [6.07, 6.45) is -0.960. The van der Waals surface area contributed by atoms with Crippen LogP contribution in [0.5, 0.6) is 0 Å². The van der Waals surface area contributed by atoms with Gasteiger partial charge in [-0.25, -0.2) is 4.99 Å². The molecule has 0 aromatic heterocycles. The van der Waals surface area contributed by atoms with Gasteiger partial charge in [0.05, 0.1) is 18.0 Å². The molecule has 6 heteroatoms. The van der Waals surface area contributed by atoms with Crippen LogP contribution in [-0.2, 0) is 9.53 Å². The lowest BCUT2D eigenvalue weighted by Gasteiger charge is -2.24. The number of rotatable bonds is 5. The molecule has 1 unspecified atom stereocenters. The number of carbonyl (C=O) groups excluding carboxylic acids is 1. The SMILES string of the molecule is CCOC1N=C(c2ccccc2)c2cc(Cl)ccc2N(CCO)C1=O. The summed E-state index contributed by atoms with van der Waals surface area (Å²) in [6.45, 7) is 2.17. The number of ether oxygens (including phenoxy) is 1. The summed E-state index contributed by atoms with van der Waals surface area (Å²) < 4.78 is 5.57. The number of nitrogens with zero attached hydrogens (tertiary/aromatic N) is 2. The molecule has 1 aliphatic heterocycles. The number of aliphatic imine (C=N–C) groups is 1. The maximum atomic E-state index is 12.9. The second-order valence-corrected chi connectivity index (χ2v) is 5.96. The first-order chi connectivity index (χ1) is 12.2. The van der Waals surface area contributed by atoms with Crippen molar-refractivity contribution in [2.24, 2.45) is 4.99 Å². The molecule has 0 saturated heterocycles. The molecule has 5 nitrogen and oxygen atoms in total. The van der Waals surface area contributed by atoms with E-state index in [9.17, 15) is 9.90 Å². The van der Waals surface area contributed by atoms with Gasteiger partial charge in [-0.15, -0.1) is 0 Å². The predicted octanol–water partition coefficient (Wildman–Crippen LogP) is 2.88. The van der Waals surface area contributed by atoms with Gasteiger partial charge >= 0.3 is 0 Å². The zero-order valence-electron chi connectivity index (χ0n) is 13.9. The van der Waals surface area contributed by atoms with Crippen LogP contribution in [-0.4, -0.2) is 42.7 Å². The van der Waals surface area contributed by atoms with E-state index in [1.54, 1.807) is 18.2 Å². The van der Waals surface area contributed by atoms with Crippen LogP contribution in [0.2, 0.25) is 5.02 Å². The van der Waals surface area contributed by atoms with Crippen LogP contribution in [0.1, 0.15) is 18.1 Å². The van der Waals surface area contributed by atoms with Gasteiger partial charge < -0.3 is 14.7 Å². The number of carbonyl (C=O) groups is 1. The lowest BCUT2D eigenvalue weighted by molar-refractivity contribution is -0.129. The number of benzene rings is 2. The third-order valence-electron chi connectivity index (χ3n) is 3.92. The summed E-state index contributed by atoms with van der Waals surface area (Å²) in [5, 5.41) is 9.96. The highest BCUT2D eigenvalue weighted by molar-refractivity contribution is 6.32. The number of benzodiazepines with no additional fused rings is 1.